The van der Waals surface area contributed by atoms with Gasteiger partial charge in [0.2, 0.25) is 2.14 Å². The van der Waals surface area contributed by atoms with E-state index in [0.717, 1.165) is 12.8 Å². The van der Waals surface area contributed by atoms with Crippen LogP contribution in [0.2, 0.25) is 0 Å². The highest BCUT2D eigenvalue weighted by molar-refractivity contribution is 9.40. The number of carbonyl (C=O) groups is 1. The average Bonchev–Trinajstić information content (AvgIpc) is 2.34. The SMILES string of the molecule is CCCCCCCCCCCCOC(=O)C(Br)(Br)Br. The Labute approximate surface area is 142 Å². The number of hydrogen-bond donors (Lipinski definition) is 0. The molecule has 0 spiro atoms. The van der Waals surface area contributed by atoms with E-state index in [4.69, 9.17) is 4.74 Å². The van der Waals surface area contributed by atoms with E-state index in [1.807, 2.05) is 0 Å². The number of hydrogen-bond acceptors (Lipinski definition) is 2. The van der Waals surface area contributed by atoms with Gasteiger partial charge in [-0.3, -0.25) is 0 Å². The van der Waals surface area contributed by atoms with E-state index in [1.165, 1.54) is 51.4 Å². The van der Waals surface area contributed by atoms with Crippen molar-refractivity contribution in [2.75, 3.05) is 6.61 Å². The summed E-state index contributed by atoms with van der Waals surface area (Å²) < 4.78 is 4.17. The molecule has 0 aliphatic carbocycles. The van der Waals surface area contributed by atoms with Crippen molar-refractivity contribution < 1.29 is 9.53 Å². The van der Waals surface area contributed by atoms with Gasteiger partial charge in [0, 0.05) is 0 Å². The van der Waals surface area contributed by atoms with Crippen LogP contribution in [0.3, 0.4) is 0 Å². The van der Waals surface area contributed by atoms with Crippen LogP contribution in [0.5, 0.6) is 0 Å². The third-order valence-corrected chi connectivity index (χ3v) is 3.93. The molecule has 0 saturated heterocycles. The first-order valence-corrected chi connectivity index (χ1v) is 9.60. The predicted molar refractivity (Wildman–Crippen MR) is 92.3 cm³/mol. The molecule has 2 nitrogen and oxygen atoms in total. The number of halogens is 3. The lowest BCUT2D eigenvalue weighted by Gasteiger charge is -2.11. The van der Waals surface area contributed by atoms with E-state index in [2.05, 4.69) is 54.7 Å². The van der Waals surface area contributed by atoms with Crippen LogP contribution in [0, 0.1) is 0 Å². The van der Waals surface area contributed by atoms with Crippen LogP contribution in [0.1, 0.15) is 71.1 Å². The van der Waals surface area contributed by atoms with Gasteiger partial charge in [-0.05, 0) is 54.2 Å². The third kappa shape index (κ3) is 13.6. The second kappa shape index (κ2) is 12.6. The van der Waals surface area contributed by atoms with E-state index >= 15 is 0 Å². The Bertz CT molecular complexity index is 227. The Kier molecular flexibility index (Phi) is 13.2. The molecule has 0 amide bonds. The summed E-state index contributed by atoms with van der Waals surface area (Å²) in [6.45, 7) is 2.75. The summed E-state index contributed by atoms with van der Waals surface area (Å²) in [7, 11) is 0. The number of esters is 1. The molecule has 0 aromatic rings. The molecule has 114 valence electrons. The highest BCUT2D eigenvalue weighted by Gasteiger charge is 2.30. The van der Waals surface area contributed by atoms with Crippen molar-refractivity contribution in [3.8, 4) is 0 Å². The van der Waals surface area contributed by atoms with Crippen molar-refractivity contribution in [3.63, 3.8) is 0 Å². The van der Waals surface area contributed by atoms with E-state index in [-0.39, 0.29) is 5.97 Å². The molecule has 0 saturated carbocycles. The molecular weight excluding hydrogens is 440 g/mol. The zero-order chi connectivity index (χ0) is 14.6. The molecule has 0 aromatic heterocycles. The van der Waals surface area contributed by atoms with Gasteiger partial charge >= 0.3 is 5.97 Å². The Hall–Kier alpha value is 0.910. The molecule has 0 aliphatic rings. The summed E-state index contributed by atoms with van der Waals surface area (Å²) in [6.07, 6.45) is 12.8. The fraction of sp³-hybridized carbons (Fsp3) is 0.929. The van der Waals surface area contributed by atoms with Gasteiger partial charge in [-0.1, -0.05) is 64.7 Å². The molecule has 0 radical (unpaired) electrons. The topological polar surface area (TPSA) is 26.3 Å². The second-order valence-electron chi connectivity index (χ2n) is 4.82. The minimum absolute atomic E-state index is 0.330. The summed E-state index contributed by atoms with van der Waals surface area (Å²) in [5.41, 5.74) is 0. The van der Waals surface area contributed by atoms with Crippen LogP contribution < -0.4 is 0 Å². The normalized spacial score (nSPS) is 11.6. The van der Waals surface area contributed by atoms with Gasteiger partial charge in [0.25, 0.3) is 0 Å². The Morgan fingerprint density at radius 3 is 1.68 bits per heavy atom. The molecule has 0 rings (SSSR count). The molecular formula is C14H25Br3O2. The van der Waals surface area contributed by atoms with Crippen LogP contribution in [0.25, 0.3) is 0 Å². The number of alkyl halides is 3. The Morgan fingerprint density at radius 2 is 1.26 bits per heavy atom. The maximum atomic E-state index is 11.4. The van der Waals surface area contributed by atoms with Crippen molar-refractivity contribution in [3.05, 3.63) is 0 Å². The van der Waals surface area contributed by atoms with Gasteiger partial charge in [0.15, 0.2) is 0 Å². The molecule has 0 bridgehead atoms. The molecule has 0 atom stereocenters. The molecule has 19 heavy (non-hydrogen) atoms. The van der Waals surface area contributed by atoms with Gasteiger partial charge in [0.1, 0.15) is 0 Å². The number of unbranched alkanes of at least 4 members (excludes halogenated alkanes) is 9. The second-order valence-corrected chi connectivity index (χ2v) is 11.6. The summed E-state index contributed by atoms with van der Waals surface area (Å²) in [4.78, 5) is 11.4. The minimum atomic E-state index is -0.925. The van der Waals surface area contributed by atoms with E-state index in [0.29, 0.717) is 6.61 Å². The number of ether oxygens (including phenoxy) is 1. The monoisotopic (exact) mass is 462 g/mol. The average molecular weight is 465 g/mol. The van der Waals surface area contributed by atoms with Gasteiger partial charge < -0.3 is 4.74 Å². The van der Waals surface area contributed by atoms with E-state index in [1.54, 1.807) is 0 Å². The molecule has 0 aliphatic heterocycles. The quantitative estimate of drug-likeness (QED) is 0.204. The largest absolute Gasteiger partial charge is 0.463 e. The lowest BCUT2D eigenvalue weighted by molar-refractivity contribution is -0.141. The highest BCUT2D eigenvalue weighted by atomic mass is 80.0. The maximum absolute atomic E-state index is 11.4. The molecule has 0 N–H and O–H groups in total. The number of carbonyl (C=O) groups excluding carboxylic acids is 1. The van der Waals surface area contributed by atoms with Crippen molar-refractivity contribution in [1.82, 2.24) is 0 Å². The zero-order valence-corrected chi connectivity index (χ0v) is 16.5. The fourth-order valence-electron chi connectivity index (χ4n) is 1.84. The first-order valence-electron chi connectivity index (χ1n) is 7.22. The van der Waals surface area contributed by atoms with Crippen molar-refractivity contribution >= 4 is 53.8 Å². The first-order chi connectivity index (χ1) is 8.98. The van der Waals surface area contributed by atoms with Crippen LogP contribution >= 0.6 is 47.8 Å². The molecule has 5 heteroatoms. The van der Waals surface area contributed by atoms with E-state index < -0.39 is 2.14 Å². The van der Waals surface area contributed by atoms with E-state index in [9.17, 15) is 4.79 Å². The van der Waals surface area contributed by atoms with Crippen LogP contribution in [0.4, 0.5) is 0 Å². The lowest BCUT2D eigenvalue weighted by Crippen LogP contribution is -2.20. The smallest absolute Gasteiger partial charge is 0.344 e. The summed E-state index contributed by atoms with van der Waals surface area (Å²) in [5.74, 6) is -0.330. The minimum Gasteiger partial charge on any atom is -0.463 e. The Balaban J connectivity index is 3.17. The zero-order valence-electron chi connectivity index (χ0n) is 11.7. The summed E-state index contributed by atoms with van der Waals surface area (Å²) in [6, 6.07) is 0. The van der Waals surface area contributed by atoms with Gasteiger partial charge in [-0.2, -0.15) is 0 Å². The highest BCUT2D eigenvalue weighted by Crippen LogP contribution is 2.34. The first kappa shape index (κ1) is 19.9. The van der Waals surface area contributed by atoms with Crippen LogP contribution in [-0.2, 0) is 9.53 Å². The van der Waals surface area contributed by atoms with Gasteiger partial charge in [0.05, 0.1) is 6.61 Å². The standard InChI is InChI=1S/C14H25Br3O2/c1-2-3-4-5-6-7-8-9-10-11-12-19-13(18)14(15,16)17/h2-12H2,1H3. The fourth-order valence-corrected chi connectivity index (χ4v) is 2.18. The maximum Gasteiger partial charge on any atom is 0.344 e. The summed E-state index contributed by atoms with van der Waals surface area (Å²) >= 11 is 9.40. The summed E-state index contributed by atoms with van der Waals surface area (Å²) in [5, 5.41) is 0. The lowest BCUT2D eigenvalue weighted by atomic mass is 10.1. The van der Waals surface area contributed by atoms with Gasteiger partial charge in [-0.25, -0.2) is 4.79 Å². The molecule has 0 fully saturated rings. The molecule has 0 aromatic carbocycles. The predicted octanol–water partition coefficient (Wildman–Crippen LogP) is 6.29. The third-order valence-electron chi connectivity index (χ3n) is 2.96. The Morgan fingerprint density at radius 1 is 0.842 bits per heavy atom. The van der Waals surface area contributed by atoms with Crippen LogP contribution in [-0.4, -0.2) is 14.7 Å². The van der Waals surface area contributed by atoms with Crippen molar-refractivity contribution in [2.45, 2.75) is 73.3 Å². The number of rotatable bonds is 11. The molecule has 0 heterocycles. The van der Waals surface area contributed by atoms with Crippen molar-refractivity contribution in [1.29, 1.82) is 0 Å². The van der Waals surface area contributed by atoms with Gasteiger partial charge in [-0.15, -0.1) is 0 Å². The molecule has 0 unspecified atom stereocenters. The van der Waals surface area contributed by atoms with Crippen LogP contribution in [0.15, 0.2) is 0 Å². The van der Waals surface area contributed by atoms with Crippen molar-refractivity contribution in [2.24, 2.45) is 0 Å².